The molecule has 35 heavy (non-hydrogen) atoms. The fraction of sp³-hybridized carbons (Fsp3) is 0.231. The Morgan fingerprint density at radius 2 is 1.83 bits per heavy atom. The van der Waals surface area contributed by atoms with Gasteiger partial charge in [-0.3, -0.25) is 4.79 Å². The first-order valence-corrected chi connectivity index (χ1v) is 13.4. The average molecular weight is 529 g/mol. The number of ether oxygens (including phenoxy) is 3. The van der Waals surface area contributed by atoms with Crippen LogP contribution in [0, 0.1) is 0 Å². The number of nitrogens with zero attached hydrogens (tertiary/aromatic N) is 1. The standard InChI is InChI=1S/C26H25ClN2O4S2/c1-31-23-14-19(13-22(27)25(23)33-16-18-5-3-2-4-6-18)15-28-29-24(30)17-32-21-9-7-20(8-10-21)26-34-11-12-35-26/h2-10,13-15,26H,11-12,16-17H2,1H3,(H,29,30)/b28-15-. The Labute approximate surface area is 218 Å². The van der Waals surface area contributed by atoms with Gasteiger partial charge in [-0.05, 0) is 41.0 Å². The molecule has 0 aliphatic carbocycles. The van der Waals surface area contributed by atoms with Crippen molar-refractivity contribution < 1.29 is 19.0 Å². The van der Waals surface area contributed by atoms with Crippen molar-refractivity contribution in [3.63, 3.8) is 0 Å². The molecule has 1 fully saturated rings. The number of carbonyl (C=O) groups is 1. The summed E-state index contributed by atoms with van der Waals surface area (Å²) < 4.78 is 17.3. The molecule has 0 spiro atoms. The number of benzene rings is 3. The van der Waals surface area contributed by atoms with E-state index in [4.69, 9.17) is 25.8 Å². The summed E-state index contributed by atoms with van der Waals surface area (Å²) in [5.74, 6) is 3.56. The molecule has 1 aliphatic rings. The number of halogens is 1. The summed E-state index contributed by atoms with van der Waals surface area (Å²) in [6, 6.07) is 21.1. The summed E-state index contributed by atoms with van der Waals surface area (Å²) in [5.41, 5.74) is 5.40. The van der Waals surface area contributed by atoms with Crippen molar-refractivity contribution in [1.82, 2.24) is 5.43 Å². The Balaban J connectivity index is 1.27. The summed E-state index contributed by atoms with van der Waals surface area (Å²) >= 11 is 10.3. The van der Waals surface area contributed by atoms with E-state index in [1.165, 1.54) is 23.3 Å². The summed E-state index contributed by atoms with van der Waals surface area (Å²) in [6.07, 6.45) is 1.49. The molecule has 3 aromatic rings. The lowest BCUT2D eigenvalue weighted by atomic mass is 10.2. The third kappa shape index (κ3) is 7.34. The van der Waals surface area contributed by atoms with E-state index in [0.717, 1.165) is 5.56 Å². The van der Waals surface area contributed by atoms with Gasteiger partial charge in [0.05, 0.1) is 22.9 Å². The van der Waals surface area contributed by atoms with Gasteiger partial charge in [0.2, 0.25) is 0 Å². The summed E-state index contributed by atoms with van der Waals surface area (Å²) in [6.45, 7) is 0.224. The number of hydrazone groups is 1. The largest absolute Gasteiger partial charge is 0.493 e. The highest BCUT2D eigenvalue weighted by Gasteiger charge is 2.18. The lowest BCUT2D eigenvalue weighted by Gasteiger charge is -2.13. The molecule has 9 heteroatoms. The topological polar surface area (TPSA) is 69.2 Å². The number of rotatable bonds is 10. The van der Waals surface area contributed by atoms with Crippen molar-refractivity contribution in [1.29, 1.82) is 0 Å². The second kappa shape index (κ2) is 12.8. The van der Waals surface area contributed by atoms with Gasteiger partial charge < -0.3 is 14.2 Å². The Morgan fingerprint density at radius 3 is 2.54 bits per heavy atom. The lowest BCUT2D eigenvalue weighted by molar-refractivity contribution is -0.123. The highest BCUT2D eigenvalue weighted by molar-refractivity contribution is 8.19. The fourth-order valence-corrected chi connectivity index (χ4v) is 6.45. The maximum Gasteiger partial charge on any atom is 0.277 e. The summed E-state index contributed by atoms with van der Waals surface area (Å²) in [7, 11) is 1.54. The Bertz CT molecular complexity index is 1150. The van der Waals surface area contributed by atoms with Crippen LogP contribution in [0.3, 0.4) is 0 Å². The van der Waals surface area contributed by atoms with Gasteiger partial charge in [-0.1, -0.05) is 54.1 Å². The van der Waals surface area contributed by atoms with Crippen molar-refractivity contribution in [3.05, 3.63) is 88.4 Å². The van der Waals surface area contributed by atoms with Crippen LogP contribution in [0.4, 0.5) is 0 Å². The SMILES string of the molecule is COc1cc(/C=N\NC(=O)COc2ccc(C3SCCS3)cc2)cc(Cl)c1OCc1ccccc1. The van der Waals surface area contributed by atoms with E-state index in [1.807, 2.05) is 78.1 Å². The molecule has 1 saturated heterocycles. The summed E-state index contributed by atoms with van der Waals surface area (Å²) in [5, 5.41) is 4.38. The van der Waals surface area contributed by atoms with Gasteiger partial charge in [-0.25, -0.2) is 5.43 Å². The molecule has 0 bridgehead atoms. The zero-order valence-electron chi connectivity index (χ0n) is 19.1. The molecule has 1 amide bonds. The highest BCUT2D eigenvalue weighted by Crippen LogP contribution is 2.45. The average Bonchev–Trinajstić information content (AvgIpc) is 3.42. The van der Waals surface area contributed by atoms with E-state index in [-0.39, 0.29) is 12.5 Å². The van der Waals surface area contributed by atoms with Crippen molar-refractivity contribution in [2.24, 2.45) is 5.10 Å². The molecule has 1 N–H and O–H groups in total. The highest BCUT2D eigenvalue weighted by atomic mass is 35.5. The molecule has 0 atom stereocenters. The van der Waals surface area contributed by atoms with Crippen molar-refractivity contribution in [2.75, 3.05) is 25.2 Å². The van der Waals surface area contributed by atoms with Gasteiger partial charge in [0.15, 0.2) is 18.1 Å². The number of hydrogen-bond donors (Lipinski definition) is 1. The van der Waals surface area contributed by atoms with Crippen molar-refractivity contribution >= 4 is 47.2 Å². The monoisotopic (exact) mass is 528 g/mol. The van der Waals surface area contributed by atoms with E-state index in [1.54, 1.807) is 19.2 Å². The Hall–Kier alpha value is -2.81. The molecular weight excluding hydrogens is 504 g/mol. The Morgan fingerprint density at radius 1 is 1.09 bits per heavy atom. The van der Waals surface area contributed by atoms with Crippen molar-refractivity contribution in [3.8, 4) is 17.2 Å². The maximum atomic E-state index is 12.1. The second-order valence-corrected chi connectivity index (χ2v) is 10.7. The van der Waals surface area contributed by atoms with Gasteiger partial charge in [-0.15, -0.1) is 23.5 Å². The van der Waals surface area contributed by atoms with E-state index >= 15 is 0 Å². The predicted octanol–water partition coefficient (Wildman–Crippen LogP) is 5.94. The predicted molar refractivity (Wildman–Crippen MR) is 144 cm³/mol. The molecule has 0 aromatic heterocycles. The van der Waals surface area contributed by atoms with Crippen LogP contribution in [-0.2, 0) is 11.4 Å². The van der Waals surface area contributed by atoms with Crippen LogP contribution in [0.5, 0.6) is 17.2 Å². The normalized spacial score (nSPS) is 13.7. The van der Waals surface area contributed by atoms with Crippen LogP contribution in [0.25, 0.3) is 0 Å². The van der Waals surface area contributed by atoms with Crippen LogP contribution in [-0.4, -0.2) is 37.3 Å². The zero-order chi connectivity index (χ0) is 24.5. The summed E-state index contributed by atoms with van der Waals surface area (Å²) in [4.78, 5) is 12.1. The van der Waals surface area contributed by atoms with Crippen LogP contribution < -0.4 is 19.6 Å². The smallest absolute Gasteiger partial charge is 0.277 e. The van der Waals surface area contributed by atoms with Crippen LogP contribution in [0.1, 0.15) is 21.3 Å². The third-order valence-electron chi connectivity index (χ3n) is 5.02. The second-order valence-electron chi connectivity index (χ2n) is 7.53. The zero-order valence-corrected chi connectivity index (χ0v) is 21.5. The van der Waals surface area contributed by atoms with E-state index in [0.29, 0.717) is 39.0 Å². The van der Waals surface area contributed by atoms with E-state index < -0.39 is 0 Å². The fourth-order valence-electron chi connectivity index (χ4n) is 3.32. The number of carbonyl (C=O) groups excluding carboxylic acids is 1. The minimum absolute atomic E-state index is 0.139. The molecule has 1 aliphatic heterocycles. The van der Waals surface area contributed by atoms with Gasteiger partial charge in [0, 0.05) is 11.5 Å². The molecule has 6 nitrogen and oxygen atoms in total. The Kier molecular flexibility index (Phi) is 9.22. The van der Waals surface area contributed by atoms with Crippen LogP contribution in [0.15, 0.2) is 71.8 Å². The molecule has 1 heterocycles. The lowest BCUT2D eigenvalue weighted by Crippen LogP contribution is -2.24. The van der Waals surface area contributed by atoms with Gasteiger partial charge in [-0.2, -0.15) is 5.10 Å². The minimum Gasteiger partial charge on any atom is -0.493 e. The van der Waals surface area contributed by atoms with Gasteiger partial charge in [0.1, 0.15) is 12.4 Å². The van der Waals surface area contributed by atoms with Crippen LogP contribution in [0.2, 0.25) is 5.02 Å². The molecular formula is C26H25ClN2O4S2. The molecule has 4 rings (SSSR count). The molecule has 0 unspecified atom stereocenters. The first-order chi connectivity index (χ1) is 17.1. The van der Waals surface area contributed by atoms with Crippen LogP contribution >= 0.6 is 35.1 Å². The molecule has 0 radical (unpaired) electrons. The molecule has 3 aromatic carbocycles. The van der Waals surface area contributed by atoms with E-state index in [9.17, 15) is 4.79 Å². The number of thioether (sulfide) groups is 2. The first-order valence-electron chi connectivity index (χ1n) is 10.9. The van der Waals surface area contributed by atoms with E-state index in [2.05, 4.69) is 10.5 Å². The number of nitrogens with one attached hydrogen (secondary N) is 1. The number of methoxy groups -OCH3 is 1. The quantitative estimate of drug-likeness (QED) is 0.259. The maximum absolute atomic E-state index is 12.1. The molecule has 182 valence electrons. The van der Waals surface area contributed by atoms with Crippen molar-refractivity contribution in [2.45, 2.75) is 11.2 Å². The third-order valence-corrected chi connectivity index (χ3v) is 8.41. The number of hydrogen-bond acceptors (Lipinski definition) is 7. The minimum atomic E-state index is -0.367. The van der Waals surface area contributed by atoms with Gasteiger partial charge >= 0.3 is 0 Å². The first kappa shape index (κ1) is 25.3. The molecule has 0 saturated carbocycles. The van der Waals surface area contributed by atoms with Gasteiger partial charge in [0.25, 0.3) is 5.91 Å². The number of amides is 1.